The summed E-state index contributed by atoms with van der Waals surface area (Å²) in [6, 6.07) is 0. The lowest BCUT2D eigenvalue weighted by atomic mass is 10.6. The van der Waals surface area contributed by atoms with E-state index in [2.05, 4.69) is 0 Å². The second-order valence-corrected chi connectivity index (χ2v) is 2.30. The number of rotatable bonds is 0. The fourth-order valence-corrected chi connectivity index (χ4v) is 1.03. The summed E-state index contributed by atoms with van der Waals surface area (Å²) in [4.78, 5) is 39.5. The average Bonchev–Trinajstić information content (AvgIpc) is 2.01. The van der Waals surface area contributed by atoms with Gasteiger partial charge in [0.15, 0.2) is 0 Å². The highest BCUT2D eigenvalue weighted by atomic mass is 16.7. The molecule has 2 bridgehead atoms. The highest BCUT2D eigenvalue weighted by molar-refractivity contribution is 4.73. The lowest BCUT2D eigenvalue weighted by Crippen LogP contribution is -2.56. The second-order valence-electron chi connectivity index (χ2n) is 2.30. The molecule has 0 unspecified atom stereocenters. The summed E-state index contributed by atoms with van der Waals surface area (Å²) in [5, 5.41) is 0. The molecule has 0 saturated carbocycles. The first-order valence-electron chi connectivity index (χ1n) is 3.29. The highest BCUT2D eigenvalue weighted by Crippen LogP contribution is 1.76. The molecule has 1 N–H and O–H groups in total. The Labute approximate surface area is 64.8 Å². The summed E-state index contributed by atoms with van der Waals surface area (Å²) in [6.07, 6.45) is 0. The molecule has 0 fully saturated rings. The first kappa shape index (κ1) is 6.89. The van der Waals surface area contributed by atoms with Gasteiger partial charge in [0.1, 0.15) is 6.61 Å². The molecule has 0 spiro atoms. The van der Waals surface area contributed by atoms with E-state index in [1.807, 2.05) is 4.98 Å². The molecule has 1 aliphatic rings. The minimum atomic E-state index is -0.832. The lowest BCUT2D eigenvalue weighted by molar-refractivity contribution is 0.0496. The maximum Gasteiger partial charge on any atom is 0.370 e. The summed E-state index contributed by atoms with van der Waals surface area (Å²) in [6.45, 7) is 0.333. The zero-order chi connectivity index (χ0) is 8.72. The number of aromatic amines is 1. The van der Waals surface area contributed by atoms with Crippen LogP contribution in [-0.4, -0.2) is 20.9 Å². The third kappa shape index (κ3) is 0.728. The van der Waals surface area contributed by atoms with Crippen LogP contribution >= 0.6 is 0 Å². The SMILES string of the molecule is O=c1[nH]c(=O)n2c(=O)n1CCO2. The van der Waals surface area contributed by atoms with Crippen molar-refractivity contribution in [1.82, 2.24) is 14.3 Å². The molecule has 0 amide bonds. The molecular weight excluding hydrogens is 166 g/mol. The van der Waals surface area contributed by atoms with E-state index in [9.17, 15) is 14.4 Å². The van der Waals surface area contributed by atoms with Gasteiger partial charge < -0.3 is 4.84 Å². The maximum absolute atomic E-state index is 11.1. The minimum absolute atomic E-state index is 0.158. The van der Waals surface area contributed by atoms with Crippen molar-refractivity contribution in [2.75, 3.05) is 6.61 Å². The number of hydrogen-bond acceptors (Lipinski definition) is 4. The van der Waals surface area contributed by atoms with Gasteiger partial charge >= 0.3 is 17.1 Å². The summed E-state index contributed by atoms with van der Waals surface area (Å²) in [5.41, 5.74) is -2.25. The predicted molar refractivity (Wildman–Crippen MR) is 37.0 cm³/mol. The van der Waals surface area contributed by atoms with Crippen LogP contribution in [0.25, 0.3) is 0 Å². The van der Waals surface area contributed by atoms with Crippen LogP contribution in [-0.2, 0) is 6.54 Å². The molecule has 0 aromatic carbocycles. The van der Waals surface area contributed by atoms with Crippen molar-refractivity contribution >= 4 is 0 Å². The van der Waals surface area contributed by atoms with E-state index in [0.717, 1.165) is 4.57 Å². The van der Waals surface area contributed by atoms with Crippen molar-refractivity contribution in [2.45, 2.75) is 6.54 Å². The van der Waals surface area contributed by atoms with Crippen LogP contribution in [0.2, 0.25) is 0 Å². The van der Waals surface area contributed by atoms with E-state index < -0.39 is 17.1 Å². The molecule has 0 radical (unpaired) electrons. The van der Waals surface area contributed by atoms with Gasteiger partial charge in [-0.15, -0.1) is 0 Å². The molecule has 0 atom stereocenters. The van der Waals surface area contributed by atoms with E-state index >= 15 is 0 Å². The standard InChI is InChI=1S/C5H5N3O4/c9-3-6-4(10)8-5(11)7(3)1-2-12-8/h1-2H2,(H,6,9,10). The topological polar surface area (TPSA) is 86.1 Å². The number of nitrogens with zero attached hydrogens (tertiary/aromatic N) is 2. The van der Waals surface area contributed by atoms with E-state index in [4.69, 9.17) is 4.84 Å². The summed E-state index contributed by atoms with van der Waals surface area (Å²) in [5.74, 6) is 0. The van der Waals surface area contributed by atoms with E-state index in [0.29, 0.717) is 4.73 Å². The minimum Gasteiger partial charge on any atom is -0.403 e. The zero-order valence-electron chi connectivity index (χ0n) is 5.94. The number of nitrogens with one attached hydrogen (secondary N) is 1. The number of H-pyrrole nitrogens is 1. The zero-order valence-corrected chi connectivity index (χ0v) is 5.94. The van der Waals surface area contributed by atoms with Crippen LogP contribution in [0.15, 0.2) is 14.4 Å². The maximum atomic E-state index is 11.1. The Morgan fingerprint density at radius 2 is 2.00 bits per heavy atom. The number of hydrogen-bond donors (Lipinski definition) is 1. The lowest BCUT2D eigenvalue weighted by Gasteiger charge is -2.13. The second kappa shape index (κ2) is 2.10. The summed E-state index contributed by atoms with van der Waals surface area (Å²) >= 11 is 0. The largest absolute Gasteiger partial charge is 0.403 e. The Morgan fingerprint density at radius 3 is 2.75 bits per heavy atom. The van der Waals surface area contributed by atoms with Gasteiger partial charge in [0.2, 0.25) is 0 Å². The first-order chi connectivity index (χ1) is 5.70. The molecule has 2 rings (SSSR count). The molecular formula is C5H5N3O4. The Kier molecular flexibility index (Phi) is 1.20. The summed E-state index contributed by atoms with van der Waals surface area (Å²) in [7, 11) is 0. The third-order valence-electron chi connectivity index (χ3n) is 1.58. The molecule has 7 nitrogen and oxygen atoms in total. The Bertz CT molecular complexity index is 439. The fraction of sp³-hybridized carbons (Fsp3) is 0.400. The predicted octanol–water partition coefficient (Wildman–Crippen LogP) is -2.86. The van der Waals surface area contributed by atoms with Gasteiger partial charge in [-0.05, 0) is 0 Å². The molecule has 7 heteroatoms. The van der Waals surface area contributed by atoms with Crippen LogP contribution in [0.3, 0.4) is 0 Å². The van der Waals surface area contributed by atoms with Gasteiger partial charge in [-0.2, -0.15) is 0 Å². The normalized spacial score (nSPS) is 14.0. The molecule has 2 heterocycles. The van der Waals surface area contributed by atoms with Crippen molar-refractivity contribution < 1.29 is 4.84 Å². The van der Waals surface area contributed by atoms with E-state index in [1.54, 1.807) is 0 Å². The van der Waals surface area contributed by atoms with Gasteiger partial charge in [-0.25, -0.2) is 19.0 Å². The van der Waals surface area contributed by atoms with Crippen LogP contribution in [0.1, 0.15) is 0 Å². The van der Waals surface area contributed by atoms with Crippen molar-refractivity contribution in [1.29, 1.82) is 0 Å². The van der Waals surface area contributed by atoms with Crippen molar-refractivity contribution in [3.63, 3.8) is 0 Å². The quantitative estimate of drug-likeness (QED) is 0.455. The smallest absolute Gasteiger partial charge is 0.370 e. The van der Waals surface area contributed by atoms with E-state index in [1.165, 1.54) is 0 Å². The van der Waals surface area contributed by atoms with Gasteiger partial charge in [0.05, 0.1) is 6.54 Å². The van der Waals surface area contributed by atoms with Gasteiger partial charge in [-0.3, -0.25) is 4.98 Å². The van der Waals surface area contributed by atoms with Crippen LogP contribution in [0.5, 0.6) is 0 Å². The average molecular weight is 171 g/mol. The monoisotopic (exact) mass is 171 g/mol. The van der Waals surface area contributed by atoms with Crippen LogP contribution < -0.4 is 21.9 Å². The molecule has 64 valence electrons. The summed E-state index contributed by atoms with van der Waals surface area (Å²) < 4.78 is 1.44. The van der Waals surface area contributed by atoms with E-state index in [-0.39, 0.29) is 13.2 Å². The Morgan fingerprint density at radius 1 is 1.25 bits per heavy atom. The van der Waals surface area contributed by atoms with Crippen molar-refractivity contribution in [3.8, 4) is 0 Å². The van der Waals surface area contributed by atoms with Gasteiger partial charge in [-0.1, -0.05) is 4.73 Å². The first-order valence-corrected chi connectivity index (χ1v) is 3.29. The van der Waals surface area contributed by atoms with Gasteiger partial charge in [0.25, 0.3) is 0 Å². The van der Waals surface area contributed by atoms with Crippen molar-refractivity contribution in [3.05, 3.63) is 31.5 Å². The fourth-order valence-electron chi connectivity index (χ4n) is 1.03. The van der Waals surface area contributed by atoms with Gasteiger partial charge in [0, 0.05) is 0 Å². The van der Waals surface area contributed by atoms with Crippen molar-refractivity contribution in [2.24, 2.45) is 0 Å². The van der Waals surface area contributed by atoms with Crippen LogP contribution in [0.4, 0.5) is 0 Å². The highest BCUT2D eigenvalue weighted by Gasteiger charge is 2.14. The van der Waals surface area contributed by atoms with Crippen LogP contribution in [0, 0.1) is 0 Å². The molecule has 0 aliphatic carbocycles. The third-order valence-corrected chi connectivity index (χ3v) is 1.58. The Balaban J connectivity index is 3.00. The molecule has 0 saturated heterocycles. The molecule has 1 aliphatic heterocycles. The molecule has 1 aromatic heterocycles. The number of fused-ring (bicyclic) bond motifs is 2. The molecule has 1 aromatic rings. The molecule has 12 heavy (non-hydrogen) atoms. The Hall–Kier alpha value is -1.79. The number of aromatic nitrogens is 3.